The lowest BCUT2D eigenvalue weighted by molar-refractivity contribution is -0.231. The molecule has 0 saturated carbocycles. The molecule has 1 heterocycles. The Balaban J connectivity index is 2.31. The van der Waals surface area contributed by atoms with Crippen LogP contribution in [0, 0.1) is 0 Å². The standard InChI is InChI=1S/C13H17BrO6/c1-19-8-4-6(2-3-7(8)14)13-12(18)11(17)10(16)9(5-15)20-13/h2-4,9-13,15-18H,5H2,1H3. The molecule has 20 heavy (non-hydrogen) atoms. The van der Waals surface area contributed by atoms with Crippen LogP contribution in [-0.2, 0) is 4.74 Å². The lowest BCUT2D eigenvalue weighted by Gasteiger charge is -2.40. The zero-order chi connectivity index (χ0) is 14.9. The highest BCUT2D eigenvalue weighted by atomic mass is 79.9. The summed E-state index contributed by atoms with van der Waals surface area (Å²) in [5.41, 5.74) is 0.585. The van der Waals surface area contributed by atoms with Crippen LogP contribution in [0.1, 0.15) is 11.7 Å². The van der Waals surface area contributed by atoms with Gasteiger partial charge >= 0.3 is 0 Å². The van der Waals surface area contributed by atoms with E-state index in [9.17, 15) is 15.3 Å². The molecule has 0 spiro atoms. The molecular weight excluding hydrogens is 332 g/mol. The Labute approximate surface area is 124 Å². The highest BCUT2D eigenvalue weighted by Gasteiger charge is 2.44. The second-order valence-corrected chi connectivity index (χ2v) is 5.50. The van der Waals surface area contributed by atoms with Crippen molar-refractivity contribution >= 4 is 15.9 Å². The maximum absolute atomic E-state index is 10.0. The van der Waals surface area contributed by atoms with E-state index in [4.69, 9.17) is 14.6 Å². The minimum atomic E-state index is -1.39. The summed E-state index contributed by atoms with van der Waals surface area (Å²) < 4.78 is 11.4. The van der Waals surface area contributed by atoms with Crippen LogP contribution >= 0.6 is 15.9 Å². The van der Waals surface area contributed by atoms with Crippen molar-refractivity contribution in [2.45, 2.75) is 30.5 Å². The number of benzene rings is 1. The van der Waals surface area contributed by atoms with Crippen molar-refractivity contribution in [2.24, 2.45) is 0 Å². The van der Waals surface area contributed by atoms with Crippen molar-refractivity contribution < 1.29 is 29.9 Å². The summed E-state index contributed by atoms with van der Waals surface area (Å²) in [6.07, 6.45) is -5.82. The molecule has 1 saturated heterocycles. The van der Waals surface area contributed by atoms with E-state index in [1.54, 1.807) is 18.2 Å². The first-order valence-electron chi connectivity index (χ1n) is 6.13. The number of rotatable bonds is 3. The first-order chi connectivity index (χ1) is 9.49. The summed E-state index contributed by atoms with van der Waals surface area (Å²) in [5, 5.41) is 38.7. The van der Waals surface area contributed by atoms with Crippen LogP contribution in [0.25, 0.3) is 0 Å². The highest BCUT2D eigenvalue weighted by Crippen LogP contribution is 2.35. The first kappa shape index (κ1) is 15.7. The summed E-state index contributed by atoms with van der Waals surface area (Å²) in [4.78, 5) is 0. The van der Waals surface area contributed by atoms with Crippen LogP contribution < -0.4 is 4.74 Å². The van der Waals surface area contributed by atoms with E-state index < -0.39 is 37.1 Å². The Morgan fingerprint density at radius 3 is 2.50 bits per heavy atom. The van der Waals surface area contributed by atoms with Gasteiger partial charge in [-0.25, -0.2) is 0 Å². The van der Waals surface area contributed by atoms with Gasteiger partial charge in [-0.1, -0.05) is 6.07 Å². The van der Waals surface area contributed by atoms with Gasteiger partial charge < -0.3 is 29.9 Å². The van der Waals surface area contributed by atoms with E-state index in [2.05, 4.69) is 15.9 Å². The van der Waals surface area contributed by atoms with Crippen molar-refractivity contribution in [3.63, 3.8) is 0 Å². The number of methoxy groups -OCH3 is 1. The molecule has 1 aliphatic rings. The topological polar surface area (TPSA) is 99.4 Å². The second-order valence-electron chi connectivity index (χ2n) is 4.64. The molecule has 0 radical (unpaired) electrons. The maximum atomic E-state index is 10.0. The Hall–Kier alpha value is -0.700. The number of aliphatic hydroxyl groups excluding tert-OH is 4. The van der Waals surface area contributed by atoms with Gasteiger partial charge in [0.05, 0.1) is 18.2 Å². The summed E-state index contributed by atoms with van der Waals surface area (Å²) in [6.45, 7) is -0.449. The first-order valence-corrected chi connectivity index (χ1v) is 6.92. The molecule has 1 fully saturated rings. The SMILES string of the molecule is COc1cc(C2OC(CO)C(O)C(O)C2O)ccc1Br. The van der Waals surface area contributed by atoms with Gasteiger partial charge in [0.1, 0.15) is 36.3 Å². The van der Waals surface area contributed by atoms with E-state index in [1.165, 1.54) is 7.11 Å². The van der Waals surface area contributed by atoms with Gasteiger partial charge in [-0.15, -0.1) is 0 Å². The number of halogens is 1. The van der Waals surface area contributed by atoms with Gasteiger partial charge in [0.25, 0.3) is 0 Å². The Bertz CT molecular complexity index is 466. The number of hydrogen-bond acceptors (Lipinski definition) is 6. The molecule has 0 bridgehead atoms. The normalized spacial score (nSPS) is 34.0. The Kier molecular flexibility index (Phi) is 5.00. The quantitative estimate of drug-likeness (QED) is 0.612. The van der Waals surface area contributed by atoms with Crippen LogP contribution in [0.4, 0.5) is 0 Å². The maximum Gasteiger partial charge on any atom is 0.133 e. The lowest BCUT2D eigenvalue weighted by Crippen LogP contribution is -2.55. The molecule has 0 aromatic heterocycles. The largest absolute Gasteiger partial charge is 0.496 e. The summed E-state index contributed by atoms with van der Waals surface area (Å²) in [7, 11) is 1.51. The molecule has 1 aromatic carbocycles. The van der Waals surface area contributed by atoms with Crippen LogP contribution in [0.3, 0.4) is 0 Å². The molecule has 0 aliphatic carbocycles. The van der Waals surface area contributed by atoms with Gasteiger partial charge in [-0.05, 0) is 33.6 Å². The van der Waals surface area contributed by atoms with Gasteiger partial charge in [0, 0.05) is 0 Å². The summed E-state index contributed by atoms with van der Waals surface area (Å²) in [5.74, 6) is 0.555. The van der Waals surface area contributed by atoms with E-state index in [0.29, 0.717) is 11.3 Å². The second kappa shape index (κ2) is 6.38. The van der Waals surface area contributed by atoms with Crippen molar-refractivity contribution in [1.82, 2.24) is 0 Å². The van der Waals surface area contributed by atoms with Crippen molar-refractivity contribution in [3.8, 4) is 5.75 Å². The van der Waals surface area contributed by atoms with Crippen molar-refractivity contribution in [2.75, 3.05) is 13.7 Å². The van der Waals surface area contributed by atoms with Crippen LogP contribution in [-0.4, -0.2) is 58.6 Å². The molecule has 7 heteroatoms. The third-order valence-electron chi connectivity index (χ3n) is 3.40. The fourth-order valence-corrected chi connectivity index (χ4v) is 2.64. The fourth-order valence-electron chi connectivity index (χ4n) is 2.23. The summed E-state index contributed by atoms with van der Waals surface area (Å²) in [6, 6.07) is 5.10. The van der Waals surface area contributed by atoms with Gasteiger partial charge in [-0.2, -0.15) is 0 Å². The minimum Gasteiger partial charge on any atom is -0.496 e. The monoisotopic (exact) mass is 348 g/mol. The molecule has 0 amide bonds. The van der Waals surface area contributed by atoms with E-state index in [0.717, 1.165) is 4.47 Å². The van der Waals surface area contributed by atoms with E-state index in [-0.39, 0.29) is 0 Å². The average Bonchev–Trinajstić information content (AvgIpc) is 2.46. The number of hydrogen-bond donors (Lipinski definition) is 4. The minimum absolute atomic E-state index is 0.449. The van der Waals surface area contributed by atoms with E-state index in [1.807, 2.05) is 0 Å². The molecular formula is C13H17BrO6. The molecule has 1 aliphatic heterocycles. The highest BCUT2D eigenvalue weighted by molar-refractivity contribution is 9.10. The Morgan fingerprint density at radius 1 is 1.20 bits per heavy atom. The molecule has 6 nitrogen and oxygen atoms in total. The smallest absolute Gasteiger partial charge is 0.133 e. The molecule has 5 unspecified atom stereocenters. The molecule has 1 aromatic rings. The molecule has 4 N–H and O–H groups in total. The summed E-state index contributed by atoms with van der Waals surface area (Å²) >= 11 is 3.32. The van der Waals surface area contributed by atoms with E-state index >= 15 is 0 Å². The van der Waals surface area contributed by atoms with Gasteiger partial charge in [0.2, 0.25) is 0 Å². The average molecular weight is 349 g/mol. The number of ether oxygens (including phenoxy) is 2. The molecule has 5 atom stereocenters. The van der Waals surface area contributed by atoms with Gasteiger partial charge in [-0.3, -0.25) is 0 Å². The van der Waals surface area contributed by atoms with Gasteiger partial charge in [0.15, 0.2) is 0 Å². The lowest BCUT2D eigenvalue weighted by atomic mass is 9.91. The number of aliphatic hydroxyl groups is 4. The fraction of sp³-hybridized carbons (Fsp3) is 0.538. The predicted molar refractivity (Wildman–Crippen MR) is 73.4 cm³/mol. The predicted octanol–water partition coefficient (Wildman–Crippen LogP) is -0.0274. The van der Waals surface area contributed by atoms with Crippen molar-refractivity contribution in [3.05, 3.63) is 28.2 Å². The Morgan fingerprint density at radius 2 is 1.90 bits per heavy atom. The third-order valence-corrected chi connectivity index (χ3v) is 4.05. The molecule has 112 valence electrons. The van der Waals surface area contributed by atoms with Crippen LogP contribution in [0.2, 0.25) is 0 Å². The van der Waals surface area contributed by atoms with Crippen LogP contribution in [0.15, 0.2) is 22.7 Å². The molecule has 2 rings (SSSR count). The third kappa shape index (κ3) is 2.83. The van der Waals surface area contributed by atoms with Crippen molar-refractivity contribution in [1.29, 1.82) is 0 Å². The zero-order valence-corrected chi connectivity index (χ0v) is 12.4. The zero-order valence-electron chi connectivity index (χ0n) is 10.8. The van der Waals surface area contributed by atoms with Crippen LogP contribution in [0.5, 0.6) is 5.75 Å².